The van der Waals surface area contributed by atoms with Gasteiger partial charge in [-0.1, -0.05) is 40.0 Å². The van der Waals surface area contributed by atoms with Gasteiger partial charge in [0.05, 0.1) is 17.1 Å². The minimum absolute atomic E-state index is 0.0244. The molecule has 0 bridgehead atoms. The van der Waals surface area contributed by atoms with Gasteiger partial charge in [-0.15, -0.1) is 0 Å². The molecule has 0 spiro atoms. The molecule has 0 aromatic heterocycles. The third kappa shape index (κ3) is 3.80. The third-order valence-electron chi connectivity index (χ3n) is 7.99. The average molecular weight is 431 g/mol. The highest BCUT2D eigenvalue weighted by Crippen LogP contribution is 2.53. The first-order chi connectivity index (χ1) is 14.1. The zero-order chi connectivity index (χ0) is 21.8. The van der Waals surface area contributed by atoms with Crippen LogP contribution in [0.1, 0.15) is 58.9 Å². The van der Waals surface area contributed by atoms with Crippen LogP contribution in [-0.2, 0) is 14.3 Å². The number of aryl methyl sites for hydroxylation is 1. The standard InChI is InChI=1S/C25H34O4S/c1-14-6-8-19(9-7-14)30(27,28)29-25-22-12-17(4)15(2)10-20(22)24(26)21-11-16(3)18(5)13-23(21)25/h6-9,20-26H,10-13H2,1-5H3. The lowest BCUT2D eigenvalue weighted by molar-refractivity contribution is -0.112. The molecule has 1 aromatic carbocycles. The van der Waals surface area contributed by atoms with Crippen LogP contribution < -0.4 is 0 Å². The summed E-state index contributed by atoms with van der Waals surface area (Å²) in [6.07, 6.45) is 2.44. The van der Waals surface area contributed by atoms with Crippen molar-refractivity contribution in [3.8, 4) is 0 Å². The van der Waals surface area contributed by atoms with E-state index >= 15 is 0 Å². The first kappa shape index (κ1) is 21.8. The molecule has 4 nitrogen and oxygen atoms in total. The van der Waals surface area contributed by atoms with Crippen molar-refractivity contribution in [3.05, 3.63) is 52.1 Å². The Balaban J connectivity index is 1.73. The molecule has 30 heavy (non-hydrogen) atoms. The van der Waals surface area contributed by atoms with Crippen LogP contribution in [-0.4, -0.2) is 25.7 Å². The van der Waals surface area contributed by atoms with Crippen molar-refractivity contribution in [1.29, 1.82) is 0 Å². The summed E-state index contributed by atoms with van der Waals surface area (Å²) in [5.74, 6) is 0.159. The summed E-state index contributed by atoms with van der Waals surface area (Å²) in [5.41, 5.74) is 6.29. The van der Waals surface area contributed by atoms with Gasteiger partial charge in [0.2, 0.25) is 0 Å². The quantitative estimate of drug-likeness (QED) is 0.531. The van der Waals surface area contributed by atoms with Gasteiger partial charge in [-0.05, 0) is 96.1 Å². The first-order valence-corrected chi connectivity index (χ1v) is 12.5. The molecular weight excluding hydrogens is 396 g/mol. The van der Waals surface area contributed by atoms with E-state index in [2.05, 4.69) is 27.7 Å². The largest absolute Gasteiger partial charge is 0.393 e. The summed E-state index contributed by atoms with van der Waals surface area (Å²) in [7, 11) is -3.87. The van der Waals surface area contributed by atoms with Gasteiger partial charge in [0.1, 0.15) is 0 Å². The van der Waals surface area contributed by atoms with E-state index in [-0.39, 0.29) is 28.6 Å². The molecule has 1 N–H and O–H groups in total. The maximum Gasteiger partial charge on any atom is 0.297 e. The molecule has 164 valence electrons. The van der Waals surface area contributed by atoms with Crippen LogP contribution in [0.3, 0.4) is 0 Å². The molecule has 3 aliphatic carbocycles. The normalized spacial score (nSPS) is 34.6. The number of hydrogen-bond donors (Lipinski definition) is 1. The molecule has 3 aliphatic rings. The molecular formula is C25H34O4S. The Morgan fingerprint density at radius 3 is 1.57 bits per heavy atom. The van der Waals surface area contributed by atoms with E-state index in [1.807, 2.05) is 6.92 Å². The summed E-state index contributed by atoms with van der Waals surface area (Å²) < 4.78 is 32.5. The highest BCUT2D eigenvalue weighted by atomic mass is 32.2. The second-order valence-corrected chi connectivity index (χ2v) is 11.5. The Morgan fingerprint density at radius 2 is 1.13 bits per heavy atom. The molecule has 1 saturated carbocycles. The van der Waals surface area contributed by atoms with Gasteiger partial charge >= 0.3 is 0 Å². The number of aliphatic hydroxyl groups excluding tert-OH is 1. The Labute approximate surface area is 181 Å². The van der Waals surface area contributed by atoms with Crippen molar-refractivity contribution in [2.45, 2.75) is 77.4 Å². The molecule has 4 atom stereocenters. The summed E-state index contributed by atoms with van der Waals surface area (Å²) in [6, 6.07) is 6.87. The molecule has 0 saturated heterocycles. The second kappa shape index (κ2) is 7.92. The zero-order valence-electron chi connectivity index (χ0n) is 18.7. The molecule has 5 heteroatoms. The fourth-order valence-electron chi connectivity index (χ4n) is 5.87. The van der Waals surface area contributed by atoms with Gasteiger partial charge < -0.3 is 5.11 Å². The molecule has 1 fully saturated rings. The maximum absolute atomic E-state index is 13.2. The number of benzene rings is 1. The van der Waals surface area contributed by atoms with E-state index < -0.39 is 22.3 Å². The van der Waals surface area contributed by atoms with Crippen molar-refractivity contribution in [3.63, 3.8) is 0 Å². The van der Waals surface area contributed by atoms with Crippen LogP contribution in [0.5, 0.6) is 0 Å². The zero-order valence-corrected chi connectivity index (χ0v) is 19.5. The predicted octanol–water partition coefficient (Wildman–Crippen LogP) is 5.17. The number of rotatable bonds is 3. The topological polar surface area (TPSA) is 63.6 Å². The van der Waals surface area contributed by atoms with E-state index in [9.17, 15) is 13.5 Å². The SMILES string of the molecule is CC1=C(C)CC2C(C1)C(O)C1CC(C)=C(C)CC1C2OS(=O)(=O)c1ccc(C)cc1. The van der Waals surface area contributed by atoms with Gasteiger partial charge in [-0.2, -0.15) is 8.42 Å². The Bertz CT molecular complexity index is 944. The highest BCUT2D eigenvalue weighted by molar-refractivity contribution is 7.86. The minimum Gasteiger partial charge on any atom is -0.393 e. The number of hydrogen-bond acceptors (Lipinski definition) is 4. The second-order valence-electron chi connectivity index (χ2n) is 9.91. The van der Waals surface area contributed by atoms with Crippen LogP contribution >= 0.6 is 0 Å². The van der Waals surface area contributed by atoms with Gasteiger partial charge in [0.25, 0.3) is 10.1 Å². The van der Waals surface area contributed by atoms with Crippen molar-refractivity contribution in [2.24, 2.45) is 23.7 Å². The first-order valence-electron chi connectivity index (χ1n) is 11.1. The molecule has 4 unspecified atom stereocenters. The Kier molecular flexibility index (Phi) is 5.75. The van der Waals surface area contributed by atoms with E-state index in [1.165, 1.54) is 22.3 Å². The van der Waals surface area contributed by atoms with E-state index in [1.54, 1.807) is 24.3 Å². The maximum atomic E-state index is 13.2. The lowest BCUT2D eigenvalue weighted by Gasteiger charge is -2.53. The monoisotopic (exact) mass is 430 g/mol. The van der Waals surface area contributed by atoms with Crippen molar-refractivity contribution < 1.29 is 17.7 Å². The predicted molar refractivity (Wildman–Crippen MR) is 118 cm³/mol. The van der Waals surface area contributed by atoms with Gasteiger partial charge in [0, 0.05) is 0 Å². The summed E-state index contributed by atoms with van der Waals surface area (Å²) >= 11 is 0. The molecule has 0 amide bonds. The minimum atomic E-state index is -3.87. The molecule has 0 heterocycles. The smallest absolute Gasteiger partial charge is 0.297 e. The fraction of sp³-hybridized carbons (Fsp3) is 0.600. The average Bonchev–Trinajstić information content (AvgIpc) is 2.69. The van der Waals surface area contributed by atoms with Crippen LogP contribution in [0, 0.1) is 30.6 Å². The number of aliphatic hydroxyl groups is 1. The molecule has 0 radical (unpaired) electrons. The highest BCUT2D eigenvalue weighted by Gasteiger charge is 2.53. The molecule has 1 aromatic rings. The summed E-state index contributed by atoms with van der Waals surface area (Å²) in [5, 5.41) is 11.3. The Hall–Kier alpha value is -1.43. The number of allylic oxidation sites excluding steroid dienone is 4. The van der Waals surface area contributed by atoms with Gasteiger partial charge in [0.15, 0.2) is 0 Å². The third-order valence-corrected chi connectivity index (χ3v) is 9.32. The van der Waals surface area contributed by atoms with Crippen molar-refractivity contribution >= 4 is 10.1 Å². The van der Waals surface area contributed by atoms with Gasteiger partial charge in [-0.25, -0.2) is 0 Å². The summed E-state index contributed by atoms with van der Waals surface area (Å²) in [4.78, 5) is 0.214. The molecule has 0 aliphatic heterocycles. The van der Waals surface area contributed by atoms with E-state index in [0.29, 0.717) is 0 Å². The summed E-state index contributed by atoms with van der Waals surface area (Å²) in [6.45, 7) is 10.5. The van der Waals surface area contributed by atoms with Crippen LogP contribution in [0.4, 0.5) is 0 Å². The fourth-order valence-corrected chi connectivity index (χ4v) is 7.03. The lowest BCUT2D eigenvalue weighted by atomic mass is 9.56. The van der Waals surface area contributed by atoms with E-state index in [0.717, 1.165) is 31.2 Å². The van der Waals surface area contributed by atoms with E-state index in [4.69, 9.17) is 4.18 Å². The van der Waals surface area contributed by atoms with Gasteiger partial charge in [-0.3, -0.25) is 4.18 Å². The van der Waals surface area contributed by atoms with Crippen LogP contribution in [0.25, 0.3) is 0 Å². The van der Waals surface area contributed by atoms with Crippen LogP contribution in [0.2, 0.25) is 0 Å². The van der Waals surface area contributed by atoms with Crippen LogP contribution in [0.15, 0.2) is 51.5 Å². The lowest BCUT2D eigenvalue weighted by Crippen LogP contribution is -2.55. The molecule has 4 rings (SSSR count). The Morgan fingerprint density at radius 1 is 0.733 bits per heavy atom. The number of fused-ring (bicyclic) bond motifs is 2. The van der Waals surface area contributed by atoms with Crippen molar-refractivity contribution in [2.75, 3.05) is 0 Å². The van der Waals surface area contributed by atoms with Crippen molar-refractivity contribution in [1.82, 2.24) is 0 Å².